The number of nitrogens with zero attached hydrogens (tertiary/aromatic N) is 5. The van der Waals surface area contributed by atoms with E-state index in [9.17, 15) is 13.5 Å². The average molecular weight is 550 g/mol. The van der Waals surface area contributed by atoms with Gasteiger partial charge in [-0.05, 0) is 38.6 Å². The largest absolute Gasteiger partial charge is 0.392 e. The topological polar surface area (TPSA) is 124 Å². The van der Waals surface area contributed by atoms with E-state index in [1.807, 2.05) is 0 Å². The van der Waals surface area contributed by atoms with Crippen molar-refractivity contribution in [2.24, 2.45) is 0 Å². The maximum absolute atomic E-state index is 15.8. The Morgan fingerprint density at radius 3 is 2.65 bits per heavy atom. The van der Waals surface area contributed by atoms with Crippen molar-refractivity contribution in [2.75, 3.05) is 60.5 Å². The van der Waals surface area contributed by atoms with Crippen LogP contribution in [0.15, 0.2) is 30.5 Å². The summed E-state index contributed by atoms with van der Waals surface area (Å²) in [6.07, 6.45) is 1.43. The Bertz CT molecular complexity index is 1330. The van der Waals surface area contributed by atoms with Gasteiger partial charge in [0, 0.05) is 44.5 Å². The lowest BCUT2D eigenvalue weighted by Crippen LogP contribution is -2.44. The van der Waals surface area contributed by atoms with Crippen LogP contribution < -0.4 is 14.9 Å². The first-order valence-corrected chi connectivity index (χ1v) is 14.6. The van der Waals surface area contributed by atoms with Gasteiger partial charge in [-0.2, -0.15) is 0 Å². The zero-order chi connectivity index (χ0) is 26.6. The van der Waals surface area contributed by atoms with Crippen molar-refractivity contribution in [1.82, 2.24) is 19.9 Å². The number of thiazole rings is 1. The van der Waals surface area contributed by atoms with Gasteiger partial charge in [0.05, 0.1) is 33.8 Å². The summed E-state index contributed by atoms with van der Waals surface area (Å²) < 4.78 is 42.8. The zero-order valence-corrected chi connectivity index (χ0v) is 22.7. The second kappa shape index (κ2) is 11.7. The molecule has 1 fully saturated rings. The quantitative estimate of drug-likeness (QED) is 0.350. The Morgan fingerprint density at radius 2 is 1.95 bits per heavy atom. The highest BCUT2D eigenvalue weighted by Gasteiger charge is 2.25. The monoisotopic (exact) mass is 549 g/mol. The van der Waals surface area contributed by atoms with E-state index in [1.165, 1.54) is 17.4 Å². The lowest BCUT2D eigenvalue weighted by molar-refractivity contribution is 0.208. The van der Waals surface area contributed by atoms with Crippen LogP contribution in [0.1, 0.15) is 20.3 Å². The fourth-order valence-corrected chi connectivity index (χ4v) is 6.12. The zero-order valence-electron chi connectivity index (χ0n) is 21.1. The first-order valence-electron chi connectivity index (χ1n) is 12.2. The number of aromatic nitrogens is 3. The van der Waals surface area contributed by atoms with Gasteiger partial charge in [-0.25, -0.2) is 27.8 Å². The molecule has 1 aliphatic heterocycles. The van der Waals surface area contributed by atoms with Crippen LogP contribution in [0, 0.1) is 5.82 Å². The van der Waals surface area contributed by atoms with E-state index in [4.69, 9.17) is 4.98 Å². The molecule has 37 heavy (non-hydrogen) atoms. The molecule has 2 aromatic heterocycles. The average Bonchev–Trinajstić information content (AvgIpc) is 3.30. The molecule has 1 saturated heterocycles. The third-order valence-corrected chi connectivity index (χ3v) is 8.44. The molecule has 4 rings (SSSR count). The summed E-state index contributed by atoms with van der Waals surface area (Å²) >= 11 is 1.41. The number of rotatable bonds is 10. The molecule has 0 radical (unpaired) electrons. The Balaban J connectivity index is 1.78. The van der Waals surface area contributed by atoms with Crippen molar-refractivity contribution >= 4 is 38.1 Å². The molecule has 1 aliphatic rings. The van der Waals surface area contributed by atoms with Crippen molar-refractivity contribution in [3.63, 3.8) is 0 Å². The summed E-state index contributed by atoms with van der Waals surface area (Å²) in [7, 11) is -1.61. The van der Waals surface area contributed by atoms with Crippen molar-refractivity contribution in [1.29, 1.82) is 0 Å². The lowest BCUT2D eigenvalue weighted by atomic mass is 10.1. The summed E-state index contributed by atoms with van der Waals surface area (Å²) in [5.74, 6) is -0.462. The van der Waals surface area contributed by atoms with Crippen LogP contribution in [0.3, 0.4) is 0 Å². The molecule has 0 spiro atoms. The predicted octanol–water partition coefficient (Wildman–Crippen LogP) is 3.10. The molecule has 3 aromatic rings. The minimum Gasteiger partial charge on any atom is -0.392 e. The van der Waals surface area contributed by atoms with Gasteiger partial charge in [0.2, 0.25) is 16.0 Å². The van der Waals surface area contributed by atoms with E-state index < -0.39 is 21.9 Å². The van der Waals surface area contributed by atoms with Crippen LogP contribution in [0.25, 0.3) is 21.8 Å². The summed E-state index contributed by atoms with van der Waals surface area (Å²) in [5, 5.41) is 13.3. The minimum absolute atomic E-state index is 0.102. The van der Waals surface area contributed by atoms with Crippen LogP contribution in [0.2, 0.25) is 0 Å². The van der Waals surface area contributed by atoms with Gasteiger partial charge in [0.25, 0.3) is 0 Å². The van der Waals surface area contributed by atoms with Crippen LogP contribution in [-0.2, 0) is 10.0 Å². The number of sulfonamides is 1. The van der Waals surface area contributed by atoms with Gasteiger partial charge in [-0.3, -0.25) is 4.72 Å². The second-order valence-electron chi connectivity index (χ2n) is 9.05. The maximum atomic E-state index is 15.8. The molecule has 3 N–H and O–H groups in total. The number of hydrogen-bond acceptors (Lipinski definition) is 10. The number of hydrogen-bond donors (Lipinski definition) is 3. The van der Waals surface area contributed by atoms with Crippen LogP contribution in [0.4, 0.5) is 21.2 Å². The molecule has 13 heteroatoms. The SMILES string of the molecule is CCCS(=O)(=O)Nc1cccc(-c2nc(N3CCN(C)CC3)sc2-c2ccnc(NCC(C)O)n2)c1F. The summed E-state index contributed by atoms with van der Waals surface area (Å²) in [4.78, 5) is 18.7. The molecule has 3 heterocycles. The minimum atomic E-state index is -3.67. The van der Waals surface area contributed by atoms with Gasteiger partial charge < -0.3 is 20.2 Å². The highest BCUT2D eigenvalue weighted by atomic mass is 32.2. The number of likely N-dealkylation sites (N-methyl/N-ethyl adjacent to an activating group) is 1. The van der Waals surface area contributed by atoms with Crippen molar-refractivity contribution < 1.29 is 17.9 Å². The van der Waals surface area contributed by atoms with Crippen molar-refractivity contribution in [3.05, 3.63) is 36.3 Å². The first kappa shape index (κ1) is 27.2. The Hall–Kier alpha value is -2.87. The van der Waals surface area contributed by atoms with Gasteiger partial charge >= 0.3 is 0 Å². The number of halogens is 1. The maximum Gasteiger partial charge on any atom is 0.232 e. The first-order chi connectivity index (χ1) is 17.7. The van der Waals surface area contributed by atoms with Crippen LogP contribution in [0.5, 0.6) is 0 Å². The predicted molar refractivity (Wildman–Crippen MR) is 146 cm³/mol. The fraction of sp³-hybridized carbons (Fsp3) is 0.458. The smallest absolute Gasteiger partial charge is 0.232 e. The van der Waals surface area contributed by atoms with E-state index in [0.29, 0.717) is 28.6 Å². The van der Waals surface area contributed by atoms with Gasteiger partial charge in [-0.15, -0.1) is 0 Å². The van der Waals surface area contributed by atoms with E-state index in [-0.39, 0.29) is 23.5 Å². The highest BCUT2D eigenvalue weighted by Crippen LogP contribution is 2.42. The third kappa shape index (κ3) is 6.72. The second-order valence-corrected chi connectivity index (χ2v) is 11.9. The lowest BCUT2D eigenvalue weighted by Gasteiger charge is -2.32. The van der Waals surface area contributed by atoms with Crippen LogP contribution in [-0.4, -0.2) is 85.0 Å². The summed E-state index contributed by atoms with van der Waals surface area (Å²) in [6, 6.07) is 6.33. The highest BCUT2D eigenvalue weighted by molar-refractivity contribution is 7.92. The standard InChI is InChI=1S/C24H32FN7O3S2/c1-4-14-37(34,35)30-18-7-5-6-17(20(18)25)21-22(19-8-9-26-23(28-19)27-15-16(2)33)36-24(29-21)32-12-10-31(3)11-13-32/h5-9,16,30,33H,4,10-15H2,1-3H3,(H,26,27,28). The van der Waals surface area contributed by atoms with Crippen LogP contribution >= 0.6 is 11.3 Å². The molecule has 200 valence electrons. The van der Waals surface area contributed by atoms with Gasteiger partial charge in [0.15, 0.2) is 10.9 Å². The molecular formula is C24H32FN7O3S2. The Labute approximate surface area is 220 Å². The molecule has 1 atom stereocenters. The van der Waals surface area contributed by atoms with Crippen molar-refractivity contribution in [3.8, 4) is 21.8 Å². The number of anilines is 3. The molecule has 0 aliphatic carbocycles. The van der Waals surface area contributed by atoms with E-state index in [2.05, 4.69) is 36.9 Å². The molecular weight excluding hydrogens is 517 g/mol. The van der Waals surface area contributed by atoms with Crippen molar-refractivity contribution in [2.45, 2.75) is 26.4 Å². The molecule has 1 unspecified atom stereocenters. The number of piperazine rings is 1. The number of nitrogens with one attached hydrogen (secondary N) is 2. The molecule has 10 nitrogen and oxygen atoms in total. The van der Waals surface area contributed by atoms with E-state index >= 15 is 4.39 Å². The third-order valence-electron chi connectivity index (χ3n) is 5.83. The number of aliphatic hydroxyl groups excluding tert-OH is 1. The molecule has 0 amide bonds. The number of benzene rings is 1. The molecule has 0 bridgehead atoms. The number of aliphatic hydroxyl groups is 1. The normalized spacial score (nSPS) is 15.5. The molecule has 0 saturated carbocycles. The Morgan fingerprint density at radius 1 is 1.19 bits per heavy atom. The van der Waals surface area contributed by atoms with E-state index in [1.54, 1.807) is 38.2 Å². The summed E-state index contributed by atoms with van der Waals surface area (Å²) in [6.45, 7) is 7.02. The summed E-state index contributed by atoms with van der Waals surface area (Å²) in [5.41, 5.74) is 0.994. The fourth-order valence-electron chi connectivity index (χ4n) is 3.89. The van der Waals surface area contributed by atoms with E-state index in [0.717, 1.165) is 31.3 Å². The Kier molecular flexibility index (Phi) is 8.57. The van der Waals surface area contributed by atoms with Gasteiger partial charge in [-0.1, -0.05) is 24.3 Å². The molecule has 1 aromatic carbocycles. The van der Waals surface area contributed by atoms with Gasteiger partial charge in [0.1, 0.15) is 0 Å².